The number of thiocarbonyl (C=S) groups is 1. The lowest BCUT2D eigenvalue weighted by molar-refractivity contribution is -0.137. The number of hydrogen-bond acceptors (Lipinski definition) is 1. The zero-order chi connectivity index (χ0) is 15.0. The van der Waals surface area contributed by atoms with E-state index in [1.165, 1.54) is 25.3 Å². The molecule has 0 spiro atoms. The number of fused-ring (bicyclic) bond motifs is 2. The van der Waals surface area contributed by atoms with Crippen LogP contribution in [-0.4, -0.2) is 11.2 Å². The van der Waals surface area contributed by atoms with Crippen LogP contribution in [0.5, 0.6) is 0 Å². The van der Waals surface area contributed by atoms with Crippen molar-refractivity contribution in [2.45, 2.75) is 37.9 Å². The minimum Gasteiger partial charge on any atom is -0.359 e. The fourth-order valence-electron chi connectivity index (χ4n) is 3.53. The zero-order valence-electron chi connectivity index (χ0n) is 11.4. The summed E-state index contributed by atoms with van der Waals surface area (Å²) in [6.07, 6.45) is 0.571. The third-order valence-electron chi connectivity index (χ3n) is 4.50. The van der Waals surface area contributed by atoms with Gasteiger partial charge in [-0.25, -0.2) is 0 Å². The minimum atomic E-state index is -4.34. The largest absolute Gasteiger partial charge is 0.416 e. The fraction of sp³-hybridized carbons (Fsp3) is 0.533. The molecular weight excluding hydrogens is 297 g/mol. The zero-order valence-corrected chi connectivity index (χ0v) is 12.2. The Kier molecular flexibility index (Phi) is 3.82. The Hall–Kier alpha value is -1.30. The molecule has 6 heteroatoms. The lowest BCUT2D eigenvalue weighted by Crippen LogP contribution is -2.40. The maximum Gasteiger partial charge on any atom is 0.416 e. The summed E-state index contributed by atoms with van der Waals surface area (Å²) >= 11 is 5.22. The molecule has 2 nitrogen and oxygen atoms in total. The van der Waals surface area contributed by atoms with Crippen LogP contribution in [0.15, 0.2) is 24.3 Å². The van der Waals surface area contributed by atoms with Gasteiger partial charge in [0.1, 0.15) is 0 Å². The van der Waals surface area contributed by atoms with Gasteiger partial charge in [-0.1, -0.05) is 12.5 Å². The van der Waals surface area contributed by atoms with Gasteiger partial charge in [0.25, 0.3) is 0 Å². The van der Waals surface area contributed by atoms with Crippen molar-refractivity contribution in [3.8, 4) is 0 Å². The molecule has 3 rings (SSSR count). The second-order valence-electron chi connectivity index (χ2n) is 5.96. The van der Waals surface area contributed by atoms with Crippen molar-refractivity contribution < 1.29 is 13.2 Å². The van der Waals surface area contributed by atoms with Crippen molar-refractivity contribution in [2.24, 2.45) is 11.8 Å². The maximum absolute atomic E-state index is 12.7. The summed E-state index contributed by atoms with van der Waals surface area (Å²) in [5.41, 5.74) is -0.305. The van der Waals surface area contributed by atoms with Crippen LogP contribution >= 0.6 is 12.2 Å². The molecule has 21 heavy (non-hydrogen) atoms. The molecule has 0 saturated heterocycles. The Morgan fingerprint density at radius 1 is 1.19 bits per heavy atom. The first kappa shape index (κ1) is 14.6. The van der Waals surface area contributed by atoms with Crippen molar-refractivity contribution in [1.82, 2.24) is 5.32 Å². The number of benzene rings is 1. The van der Waals surface area contributed by atoms with Crippen molar-refractivity contribution in [3.05, 3.63) is 29.8 Å². The van der Waals surface area contributed by atoms with Crippen LogP contribution in [-0.2, 0) is 6.18 Å². The van der Waals surface area contributed by atoms with Crippen LogP contribution in [0.3, 0.4) is 0 Å². The molecule has 0 heterocycles. The number of rotatable bonds is 2. The average molecular weight is 314 g/mol. The molecule has 1 aromatic carbocycles. The van der Waals surface area contributed by atoms with Crippen LogP contribution in [0.2, 0.25) is 0 Å². The Morgan fingerprint density at radius 2 is 2.00 bits per heavy atom. The smallest absolute Gasteiger partial charge is 0.359 e. The third-order valence-corrected chi connectivity index (χ3v) is 4.72. The number of nitrogens with one attached hydrogen (secondary N) is 2. The number of anilines is 1. The minimum absolute atomic E-state index is 0.366. The van der Waals surface area contributed by atoms with Crippen molar-refractivity contribution in [3.63, 3.8) is 0 Å². The molecule has 2 fully saturated rings. The van der Waals surface area contributed by atoms with Crippen LogP contribution in [0, 0.1) is 11.8 Å². The quantitative estimate of drug-likeness (QED) is 0.801. The summed E-state index contributed by atoms with van der Waals surface area (Å²) in [7, 11) is 0. The Morgan fingerprint density at radius 3 is 2.62 bits per heavy atom. The van der Waals surface area contributed by atoms with E-state index < -0.39 is 11.7 Å². The van der Waals surface area contributed by atoms with Crippen molar-refractivity contribution >= 4 is 23.0 Å². The van der Waals surface area contributed by atoms with Gasteiger partial charge in [0.05, 0.1) is 5.56 Å². The normalized spacial score (nSPS) is 27.7. The lowest BCUT2D eigenvalue weighted by Gasteiger charge is -2.24. The van der Waals surface area contributed by atoms with Gasteiger partial charge < -0.3 is 10.6 Å². The van der Waals surface area contributed by atoms with Gasteiger partial charge in [-0.2, -0.15) is 13.2 Å². The van der Waals surface area contributed by atoms with E-state index in [1.807, 2.05) is 0 Å². The number of alkyl halides is 3. The van der Waals surface area contributed by atoms with Crippen LogP contribution < -0.4 is 10.6 Å². The predicted molar refractivity (Wildman–Crippen MR) is 80.0 cm³/mol. The SMILES string of the molecule is FC(F)(F)c1cccc(NC(=S)N[C@H]2C[C@H]3CC[C@@H]2C3)c1. The molecule has 0 aromatic heterocycles. The van der Waals surface area contributed by atoms with E-state index >= 15 is 0 Å². The summed E-state index contributed by atoms with van der Waals surface area (Å²) in [6, 6.07) is 5.47. The van der Waals surface area contributed by atoms with Gasteiger partial charge in [-0.3, -0.25) is 0 Å². The first-order chi connectivity index (χ1) is 9.91. The highest BCUT2D eigenvalue weighted by Gasteiger charge is 2.39. The van der Waals surface area contributed by atoms with Crippen LogP contribution in [0.1, 0.15) is 31.2 Å². The van der Waals surface area contributed by atoms with E-state index in [1.54, 1.807) is 6.07 Å². The van der Waals surface area contributed by atoms with Crippen LogP contribution in [0.4, 0.5) is 18.9 Å². The summed E-state index contributed by atoms with van der Waals surface area (Å²) < 4.78 is 38.0. The standard InChI is InChI=1S/C15H17F3N2S/c16-15(17,18)11-2-1-3-12(8-11)19-14(21)20-13-7-9-4-5-10(13)6-9/h1-3,8-10,13H,4-7H2,(H2,19,20,21)/t9-,10+,13-/m0/s1. The summed E-state index contributed by atoms with van der Waals surface area (Å²) in [5, 5.41) is 6.53. The Labute approximate surface area is 127 Å². The predicted octanol–water partition coefficient (Wildman–Crippen LogP) is 4.18. The van der Waals surface area contributed by atoms with Crippen LogP contribution in [0.25, 0.3) is 0 Å². The van der Waals surface area contributed by atoms with Gasteiger partial charge in [-0.05, 0) is 61.5 Å². The monoisotopic (exact) mass is 314 g/mol. The first-order valence-corrected chi connectivity index (χ1v) is 7.57. The summed E-state index contributed by atoms with van der Waals surface area (Å²) in [6.45, 7) is 0. The van der Waals surface area contributed by atoms with E-state index in [0.717, 1.165) is 24.5 Å². The fourth-order valence-corrected chi connectivity index (χ4v) is 3.80. The number of hydrogen-bond donors (Lipinski definition) is 2. The highest BCUT2D eigenvalue weighted by Crippen LogP contribution is 2.44. The van der Waals surface area contributed by atoms with E-state index in [2.05, 4.69) is 10.6 Å². The first-order valence-electron chi connectivity index (χ1n) is 7.16. The lowest BCUT2D eigenvalue weighted by atomic mass is 9.96. The maximum atomic E-state index is 12.7. The molecule has 0 amide bonds. The third kappa shape index (κ3) is 3.31. The Balaban J connectivity index is 1.60. The molecule has 2 N–H and O–H groups in total. The second kappa shape index (κ2) is 5.48. The molecular formula is C15H17F3N2S. The number of halogens is 3. The van der Waals surface area contributed by atoms with E-state index in [4.69, 9.17) is 12.2 Å². The van der Waals surface area contributed by atoms with E-state index in [0.29, 0.717) is 22.8 Å². The highest BCUT2D eigenvalue weighted by atomic mass is 32.1. The molecule has 2 aliphatic rings. The van der Waals surface area contributed by atoms with Gasteiger partial charge in [0, 0.05) is 11.7 Å². The molecule has 0 unspecified atom stereocenters. The van der Waals surface area contributed by atoms with Gasteiger partial charge in [0.15, 0.2) is 5.11 Å². The van der Waals surface area contributed by atoms with Crippen molar-refractivity contribution in [2.75, 3.05) is 5.32 Å². The summed E-state index contributed by atoms with van der Waals surface area (Å²) in [4.78, 5) is 0. The molecule has 3 atom stereocenters. The summed E-state index contributed by atoms with van der Waals surface area (Å²) in [5.74, 6) is 1.46. The molecule has 114 valence electrons. The van der Waals surface area contributed by atoms with Gasteiger partial charge >= 0.3 is 6.18 Å². The van der Waals surface area contributed by atoms with E-state index in [-0.39, 0.29) is 0 Å². The van der Waals surface area contributed by atoms with Gasteiger partial charge in [-0.15, -0.1) is 0 Å². The molecule has 0 aliphatic heterocycles. The molecule has 0 radical (unpaired) electrons. The van der Waals surface area contributed by atoms with Gasteiger partial charge in [0.2, 0.25) is 0 Å². The average Bonchev–Trinajstić information content (AvgIpc) is 3.00. The molecule has 1 aromatic rings. The second-order valence-corrected chi connectivity index (χ2v) is 6.37. The molecule has 2 bridgehead atoms. The molecule has 2 saturated carbocycles. The Bertz CT molecular complexity index is 544. The highest BCUT2D eigenvalue weighted by molar-refractivity contribution is 7.80. The topological polar surface area (TPSA) is 24.1 Å². The van der Waals surface area contributed by atoms with Crippen molar-refractivity contribution in [1.29, 1.82) is 0 Å². The molecule has 2 aliphatic carbocycles. The van der Waals surface area contributed by atoms with E-state index in [9.17, 15) is 13.2 Å².